The number of rotatable bonds is 9. The van der Waals surface area contributed by atoms with Gasteiger partial charge in [0.2, 0.25) is 0 Å². The fraction of sp³-hybridized carbons (Fsp3) is 0.562. The van der Waals surface area contributed by atoms with Crippen molar-refractivity contribution < 1.29 is 18.0 Å². The molecular formula is C16H20BrClF3NO. The van der Waals surface area contributed by atoms with E-state index in [1.54, 1.807) is 24.3 Å². The first kappa shape index (κ1) is 20.3. The van der Waals surface area contributed by atoms with E-state index in [-0.39, 0.29) is 5.91 Å². The zero-order valence-electron chi connectivity index (χ0n) is 12.6. The largest absolute Gasteiger partial charge is 0.390 e. The Hall–Kier alpha value is -0.750. The van der Waals surface area contributed by atoms with Crippen LogP contribution in [0.4, 0.5) is 13.2 Å². The molecule has 2 nitrogen and oxygen atoms in total. The van der Waals surface area contributed by atoms with Gasteiger partial charge in [-0.15, -0.1) is 11.6 Å². The van der Waals surface area contributed by atoms with E-state index >= 15 is 0 Å². The average Bonchev–Trinajstić information content (AvgIpc) is 2.45. The fourth-order valence-corrected chi connectivity index (χ4v) is 2.70. The summed E-state index contributed by atoms with van der Waals surface area (Å²) in [5, 5.41) is 1.98. The summed E-state index contributed by atoms with van der Waals surface area (Å²) in [6.45, 7) is 0.557. The number of benzene rings is 1. The molecule has 130 valence electrons. The second-order valence-electron chi connectivity index (χ2n) is 5.38. The predicted molar refractivity (Wildman–Crippen MR) is 89.9 cm³/mol. The van der Waals surface area contributed by atoms with Crippen LogP contribution in [0.1, 0.15) is 48.9 Å². The van der Waals surface area contributed by atoms with Gasteiger partial charge in [0.25, 0.3) is 5.91 Å². The molecule has 1 rings (SSSR count). The van der Waals surface area contributed by atoms with Crippen LogP contribution >= 0.6 is 27.5 Å². The lowest BCUT2D eigenvalue weighted by Gasteiger charge is -2.11. The molecule has 0 bridgehead atoms. The van der Waals surface area contributed by atoms with Crippen LogP contribution in [0, 0.1) is 0 Å². The second-order valence-corrected chi connectivity index (χ2v) is 6.92. The number of carbonyl (C=O) groups excluding carboxylic acids is 1. The van der Waals surface area contributed by atoms with Crippen LogP contribution in [-0.2, 0) is 0 Å². The summed E-state index contributed by atoms with van der Waals surface area (Å²) >= 11 is 8.95. The monoisotopic (exact) mass is 413 g/mol. The molecule has 0 heterocycles. The number of unbranched alkanes of at least 4 members (excludes halogenated alkanes) is 3. The summed E-state index contributed by atoms with van der Waals surface area (Å²) in [6.07, 6.45) is -1.61. The first-order valence-electron chi connectivity index (χ1n) is 7.52. The molecular weight excluding hydrogens is 395 g/mol. The number of halogens is 5. The summed E-state index contributed by atoms with van der Waals surface area (Å²) in [5.41, 5.74) is 0.602. The molecule has 1 amide bonds. The third-order valence-corrected chi connectivity index (χ3v) is 4.19. The van der Waals surface area contributed by atoms with E-state index < -0.39 is 18.0 Å². The van der Waals surface area contributed by atoms with Gasteiger partial charge in [-0.1, -0.05) is 35.2 Å². The van der Waals surface area contributed by atoms with Crippen molar-refractivity contribution in [1.82, 2.24) is 5.32 Å². The van der Waals surface area contributed by atoms with Gasteiger partial charge in [-0.3, -0.25) is 4.79 Å². The Labute approximate surface area is 147 Å². The molecule has 1 unspecified atom stereocenters. The van der Waals surface area contributed by atoms with Gasteiger partial charge in [0.15, 0.2) is 0 Å². The van der Waals surface area contributed by atoms with Crippen LogP contribution in [0.3, 0.4) is 0 Å². The number of hydrogen-bond acceptors (Lipinski definition) is 1. The maximum Gasteiger partial charge on any atom is 0.390 e. The van der Waals surface area contributed by atoms with Crippen molar-refractivity contribution in [3.05, 3.63) is 34.3 Å². The summed E-state index contributed by atoms with van der Waals surface area (Å²) in [6, 6.07) is 7.08. The van der Waals surface area contributed by atoms with Crippen molar-refractivity contribution in [2.24, 2.45) is 0 Å². The van der Waals surface area contributed by atoms with Gasteiger partial charge < -0.3 is 5.32 Å². The Balaban J connectivity index is 2.05. The smallest absolute Gasteiger partial charge is 0.352 e. The third kappa shape index (κ3) is 9.87. The lowest BCUT2D eigenvalue weighted by atomic mass is 10.1. The van der Waals surface area contributed by atoms with E-state index in [0.29, 0.717) is 24.9 Å². The lowest BCUT2D eigenvalue weighted by molar-refractivity contribution is -0.134. The highest BCUT2D eigenvalue weighted by molar-refractivity contribution is 9.10. The minimum atomic E-state index is -4.19. The number of nitrogens with one attached hydrogen (secondary N) is 1. The molecule has 0 saturated heterocycles. The standard InChI is InChI=1S/C16H20BrClF3NO/c17-13-8-6-12(7-9-13)15(23)22-10-4-2-1-3-5-14(18)11-16(19,20)21/h6-9,14H,1-5,10-11H2,(H,22,23). The summed E-state index contributed by atoms with van der Waals surface area (Å²) in [4.78, 5) is 11.8. The highest BCUT2D eigenvalue weighted by Gasteiger charge is 2.30. The van der Waals surface area contributed by atoms with Gasteiger partial charge in [0, 0.05) is 22.0 Å². The van der Waals surface area contributed by atoms with Crippen molar-refractivity contribution >= 4 is 33.4 Å². The molecule has 23 heavy (non-hydrogen) atoms. The third-order valence-electron chi connectivity index (χ3n) is 3.29. The van der Waals surface area contributed by atoms with Gasteiger partial charge in [-0.2, -0.15) is 13.2 Å². The number of amides is 1. The number of alkyl halides is 4. The van der Waals surface area contributed by atoms with Gasteiger partial charge in [-0.25, -0.2) is 0 Å². The van der Waals surface area contributed by atoms with Crippen molar-refractivity contribution in [2.45, 2.75) is 50.1 Å². The molecule has 1 atom stereocenters. The molecule has 1 N–H and O–H groups in total. The van der Waals surface area contributed by atoms with E-state index in [1.165, 1.54) is 0 Å². The first-order valence-corrected chi connectivity index (χ1v) is 8.75. The van der Waals surface area contributed by atoms with Crippen LogP contribution < -0.4 is 5.32 Å². The van der Waals surface area contributed by atoms with E-state index in [0.717, 1.165) is 23.7 Å². The maximum atomic E-state index is 12.1. The molecule has 0 aliphatic heterocycles. The minimum Gasteiger partial charge on any atom is -0.352 e. The number of hydrogen-bond donors (Lipinski definition) is 1. The molecule has 0 spiro atoms. The first-order chi connectivity index (χ1) is 10.8. The van der Waals surface area contributed by atoms with Crippen LogP contribution in [0.25, 0.3) is 0 Å². The highest BCUT2D eigenvalue weighted by Crippen LogP contribution is 2.26. The average molecular weight is 415 g/mol. The quantitative estimate of drug-likeness (QED) is 0.408. The maximum absolute atomic E-state index is 12.1. The van der Waals surface area contributed by atoms with Crippen molar-refractivity contribution in [2.75, 3.05) is 6.54 Å². The van der Waals surface area contributed by atoms with Gasteiger partial charge >= 0.3 is 6.18 Å². The highest BCUT2D eigenvalue weighted by atomic mass is 79.9. The Morgan fingerprint density at radius 3 is 2.35 bits per heavy atom. The summed E-state index contributed by atoms with van der Waals surface area (Å²) in [7, 11) is 0. The molecule has 0 fully saturated rings. The van der Waals surface area contributed by atoms with Gasteiger partial charge in [0.1, 0.15) is 0 Å². The molecule has 7 heteroatoms. The Bertz CT molecular complexity index is 479. The zero-order chi connectivity index (χ0) is 17.3. The van der Waals surface area contributed by atoms with E-state index in [4.69, 9.17) is 11.6 Å². The zero-order valence-corrected chi connectivity index (χ0v) is 15.0. The van der Waals surface area contributed by atoms with Gasteiger partial charge in [0.05, 0.1) is 6.42 Å². The molecule has 0 radical (unpaired) electrons. The van der Waals surface area contributed by atoms with Crippen LogP contribution in [0.15, 0.2) is 28.7 Å². The van der Waals surface area contributed by atoms with Crippen molar-refractivity contribution in [3.8, 4) is 0 Å². The van der Waals surface area contributed by atoms with E-state index in [9.17, 15) is 18.0 Å². The SMILES string of the molecule is O=C(NCCCCCCC(Cl)CC(F)(F)F)c1ccc(Br)cc1. The summed E-state index contributed by atoms with van der Waals surface area (Å²) in [5.74, 6) is -0.122. The lowest BCUT2D eigenvalue weighted by Crippen LogP contribution is -2.24. The van der Waals surface area contributed by atoms with Crippen molar-refractivity contribution in [3.63, 3.8) is 0 Å². The number of carbonyl (C=O) groups is 1. The van der Waals surface area contributed by atoms with E-state index in [1.807, 2.05) is 0 Å². The van der Waals surface area contributed by atoms with Crippen LogP contribution in [0.2, 0.25) is 0 Å². The minimum absolute atomic E-state index is 0.122. The predicted octanol–water partition coefficient (Wildman–Crippen LogP) is 5.69. The molecule has 0 aromatic heterocycles. The molecule has 0 aliphatic rings. The molecule has 0 aliphatic carbocycles. The summed E-state index contributed by atoms with van der Waals surface area (Å²) < 4.78 is 37.2. The molecule has 0 saturated carbocycles. The van der Waals surface area contributed by atoms with Crippen LogP contribution in [-0.4, -0.2) is 24.0 Å². The second kappa shape index (κ2) is 10.2. The molecule has 1 aromatic rings. The Morgan fingerprint density at radius 1 is 1.13 bits per heavy atom. The Morgan fingerprint density at radius 2 is 1.74 bits per heavy atom. The van der Waals surface area contributed by atoms with E-state index in [2.05, 4.69) is 21.2 Å². The molecule has 1 aromatic carbocycles. The van der Waals surface area contributed by atoms with Gasteiger partial charge in [-0.05, 0) is 37.1 Å². The van der Waals surface area contributed by atoms with Crippen molar-refractivity contribution in [1.29, 1.82) is 0 Å². The fourth-order valence-electron chi connectivity index (χ4n) is 2.10. The topological polar surface area (TPSA) is 29.1 Å². The van der Waals surface area contributed by atoms with Crippen LogP contribution in [0.5, 0.6) is 0 Å². The Kier molecular flexibility index (Phi) is 8.99. The normalized spacial score (nSPS) is 12.9.